The van der Waals surface area contributed by atoms with Crippen molar-refractivity contribution in [1.29, 1.82) is 0 Å². The molecule has 7 nitrogen and oxygen atoms in total. The molecule has 2 heterocycles. The summed E-state index contributed by atoms with van der Waals surface area (Å²) in [5.41, 5.74) is 1.33. The van der Waals surface area contributed by atoms with Crippen molar-refractivity contribution >= 4 is 22.8 Å². The quantitative estimate of drug-likeness (QED) is 0.263. The second kappa shape index (κ2) is 8.22. The first-order valence-electron chi connectivity index (χ1n) is 8.56. The third kappa shape index (κ3) is 3.90. The van der Waals surface area contributed by atoms with Crippen LogP contribution in [0.2, 0.25) is 0 Å². The van der Waals surface area contributed by atoms with Crippen LogP contribution < -0.4 is 10.6 Å². The SMILES string of the molecule is Nn1c(SCc2nc3ccccc3n2C(F)F)nnc1-c1ccc(OC(F)F)cc1. The van der Waals surface area contributed by atoms with Crippen molar-refractivity contribution in [2.75, 3.05) is 5.84 Å². The lowest BCUT2D eigenvalue weighted by Crippen LogP contribution is -2.12. The van der Waals surface area contributed by atoms with Gasteiger partial charge in [0, 0.05) is 5.56 Å². The van der Waals surface area contributed by atoms with Crippen LogP contribution in [0.1, 0.15) is 12.4 Å². The van der Waals surface area contributed by atoms with Gasteiger partial charge in [0.15, 0.2) is 5.82 Å². The van der Waals surface area contributed by atoms with Crippen molar-refractivity contribution < 1.29 is 22.3 Å². The van der Waals surface area contributed by atoms with Crippen LogP contribution in [0.5, 0.6) is 5.75 Å². The molecule has 0 spiro atoms. The third-order valence-corrected chi connectivity index (χ3v) is 5.14. The van der Waals surface area contributed by atoms with Gasteiger partial charge in [-0.2, -0.15) is 17.6 Å². The molecule has 2 aromatic heterocycles. The van der Waals surface area contributed by atoms with E-state index in [-0.39, 0.29) is 28.3 Å². The number of imidazole rings is 1. The first-order chi connectivity index (χ1) is 14.4. The van der Waals surface area contributed by atoms with Crippen molar-refractivity contribution in [2.45, 2.75) is 24.1 Å². The van der Waals surface area contributed by atoms with Gasteiger partial charge in [0.05, 0.1) is 16.8 Å². The van der Waals surface area contributed by atoms with E-state index in [1.54, 1.807) is 24.3 Å². The average molecular weight is 438 g/mol. The Morgan fingerprint density at radius 3 is 2.43 bits per heavy atom. The molecule has 0 unspecified atom stereocenters. The monoisotopic (exact) mass is 438 g/mol. The van der Waals surface area contributed by atoms with Gasteiger partial charge in [-0.25, -0.2) is 9.66 Å². The number of benzene rings is 2. The molecule has 4 aromatic rings. The molecule has 0 saturated carbocycles. The van der Waals surface area contributed by atoms with Crippen LogP contribution in [0, 0.1) is 0 Å². The molecular weight excluding hydrogens is 424 g/mol. The maximum absolute atomic E-state index is 13.5. The highest BCUT2D eigenvalue weighted by Crippen LogP contribution is 2.29. The van der Waals surface area contributed by atoms with Crippen LogP contribution in [0.4, 0.5) is 17.6 Å². The van der Waals surface area contributed by atoms with Crippen LogP contribution in [0.3, 0.4) is 0 Å². The van der Waals surface area contributed by atoms with Crippen LogP contribution >= 0.6 is 11.8 Å². The third-order valence-electron chi connectivity index (χ3n) is 4.20. The molecule has 0 fully saturated rings. The Morgan fingerprint density at radius 1 is 1.00 bits per heavy atom. The van der Waals surface area contributed by atoms with Gasteiger partial charge >= 0.3 is 13.2 Å². The summed E-state index contributed by atoms with van der Waals surface area (Å²) in [6, 6.07) is 12.4. The predicted molar refractivity (Wildman–Crippen MR) is 103 cm³/mol. The molecule has 0 aliphatic rings. The van der Waals surface area contributed by atoms with E-state index in [9.17, 15) is 17.6 Å². The van der Waals surface area contributed by atoms with Crippen molar-refractivity contribution in [1.82, 2.24) is 24.4 Å². The van der Waals surface area contributed by atoms with Gasteiger partial charge in [0.2, 0.25) is 5.16 Å². The number of fused-ring (bicyclic) bond motifs is 1. The fraction of sp³-hybridized carbons (Fsp3) is 0.167. The molecule has 2 N–H and O–H groups in total. The number of ether oxygens (including phenoxy) is 1. The summed E-state index contributed by atoms with van der Waals surface area (Å²) in [5.74, 6) is 6.58. The van der Waals surface area contributed by atoms with Gasteiger partial charge in [0.1, 0.15) is 11.6 Å². The van der Waals surface area contributed by atoms with Gasteiger partial charge in [-0.05, 0) is 36.4 Å². The van der Waals surface area contributed by atoms with Crippen LogP contribution in [-0.4, -0.2) is 31.0 Å². The van der Waals surface area contributed by atoms with Crippen molar-refractivity contribution in [3.63, 3.8) is 0 Å². The summed E-state index contributed by atoms with van der Waals surface area (Å²) in [6.45, 7) is -5.66. The van der Waals surface area contributed by atoms with Crippen molar-refractivity contribution in [3.05, 3.63) is 54.4 Å². The lowest BCUT2D eigenvalue weighted by molar-refractivity contribution is -0.0498. The molecule has 2 aromatic carbocycles. The first-order valence-corrected chi connectivity index (χ1v) is 9.55. The Hall–Kier alpha value is -3.28. The Bertz CT molecular complexity index is 1160. The molecule has 0 saturated heterocycles. The minimum Gasteiger partial charge on any atom is -0.435 e. The number of hydrogen-bond acceptors (Lipinski definition) is 6. The van der Waals surface area contributed by atoms with Gasteiger partial charge < -0.3 is 10.6 Å². The zero-order valence-corrected chi connectivity index (χ0v) is 15.9. The predicted octanol–water partition coefficient (Wildman–Crippen LogP) is 4.30. The summed E-state index contributed by atoms with van der Waals surface area (Å²) in [7, 11) is 0. The zero-order chi connectivity index (χ0) is 21.3. The summed E-state index contributed by atoms with van der Waals surface area (Å²) in [5, 5.41) is 8.26. The fourth-order valence-electron chi connectivity index (χ4n) is 2.90. The van der Waals surface area contributed by atoms with Crippen LogP contribution in [-0.2, 0) is 5.75 Å². The summed E-state index contributed by atoms with van der Waals surface area (Å²) < 4.78 is 57.9. The van der Waals surface area contributed by atoms with Gasteiger partial charge in [-0.3, -0.25) is 4.57 Å². The highest BCUT2D eigenvalue weighted by molar-refractivity contribution is 7.98. The standard InChI is InChI=1S/C18H14F4N6OS/c19-16(20)27-13-4-2-1-3-12(13)24-14(27)9-30-18-26-25-15(28(18)23)10-5-7-11(8-6-10)29-17(21)22/h1-8,16-17H,9,23H2. The molecule has 0 aliphatic heterocycles. The Labute approximate surface area is 171 Å². The van der Waals surface area contributed by atoms with Crippen molar-refractivity contribution in [3.8, 4) is 17.1 Å². The lowest BCUT2D eigenvalue weighted by Gasteiger charge is -2.08. The average Bonchev–Trinajstić information content (AvgIpc) is 3.26. The number of nitrogen functional groups attached to an aromatic ring is 1. The number of aromatic nitrogens is 5. The first kappa shape index (κ1) is 20.0. The topological polar surface area (TPSA) is 83.8 Å². The van der Waals surface area contributed by atoms with Crippen LogP contribution in [0.15, 0.2) is 53.7 Å². The molecule has 12 heteroatoms. The smallest absolute Gasteiger partial charge is 0.387 e. The minimum absolute atomic E-state index is 0.00247. The van der Waals surface area contributed by atoms with Gasteiger partial charge in [0.25, 0.3) is 0 Å². The number of hydrogen-bond donors (Lipinski definition) is 1. The molecule has 0 aliphatic carbocycles. The maximum atomic E-state index is 13.5. The minimum atomic E-state index is -2.92. The zero-order valence-electron chi connectivity index (χ0n) is 15.1. The van der Waals surface area contributed by atoms with Crippen molar-refractivity contribution in [2.24, 2.45) is 0 Å². The van der Waals surface area contributed by atoms with Gasteiger partial charge in [-0.1, -0.05) is 23.9 Å². The van der Waals surface area contributed by atoms with E-state index < -0.39 is 13.2 Å². The Morgan fingerprint density at radius 2 is 1.73 bits per heavy atom. The Balaban J connectivity index is 1.54. The summed E-state index contributed by atoms with van der Waals surface area (Å²) in [6.07, 6.45) is 0. The van der Waals surface area contributed by atoms with E-state index in [4.69, 9.17) is 5.84 Å². The highest BCUT2D eigenvalue weighted by atomic mass is 32.2. The number of nitrogens with zero attached hydrogens (tertiary/aromatic N) is 5. The van der Waals surface area contributed by atoms with E-state index in [0.717, 1.165) is 16.3 Å². The summed E-state index contributed by atoms with van der Waals surface area (Å²) in [4.78, 5) is 4.27. The number of thioether (sulfide) groups is 1. The highest BCUT2D eigenvalue weighted by Gasteiger charge is 2.19. The van der Waals surface area contributed by atoms with E-state index >= 15 is 0 Å². The van der Waals surface area contributed by atoms with Gasteiger partial charge in [-0.15, -0.1) is 10.2 Å². The normalized spacial score (nSPS) is 11.7. The molecule has 0 amide bonds. The van der Waals surface area contributed by atoms with E-state index in [2.05, 4.69) is 19.9 Å². The fourth-order valence-corrected chi connectivity index (χ4v) is 3.69. The van der Waals surface area contributed by atoms with Crippen LogP contribution in [0.25, 0.3) is 22.4 Å². The second-order valence-corrected chi connectivity index (χ2v) is 6.97. The number of halogens is 4. The molecular formula is C18H14F4N6OS. The molecule has 0 bridgehead atoms. The number of alkyl halides is 4. The Kier molecular flexibility index (Phi) is 5.48. The number of nitrogens with two attached hydrogens (primary N) is 1. The summed E-state index contributed by atoms with van der Waals surface area (Å²) >= 11 is 1.10. The molecule has 0 radical (unpaired) electrons. The van der Waals surface area contributed by atoms with E-state index in [1.165, 1.54) is 28.9 Å². The molecule has 156 valence electrons. The maximum Gasteiger partial charge on any atom is 0.387 e. The van der Waals surface area contributed by atoms with E-state index in [0.29, 0.717) is 16.6 Å². The number of para-hydroxylation sites is 2. The molecule has 30 heavy (non-hydrogen) atoms. The molecule has 4 rings (SSSR count). The van der Waals surface area contributed by atoms with E-state index in [1.807, 2.05) is 0 Å². The largest absolute Gasteiger partial charge is 0.435 e. The molecule has 0 atom stereocenters. The second-order valence-electron chi connectivity index (χ2n) is 6.03. The lowest BCUT2D eigenvalue weighted by atomic mass is 10.2. The number of rotatable bonds is 7.